The fraction of sp³-hybridized carbons (Fsp3) is 0.462. The van der Waals surface area contributed by atoms with E-state index in [1.807, 2.05) is 37.3 Å². The van der Waals surface area contributed by atoms with Gasteiger partial charge in [0.15, 0.2) is 23.2 Å². The van der Waals surface area contributed by atoms with Gasteiger partial charge in [-0.2, -0.15) is 0 Å². The van der Waals surface area contributed by atoms with Crippen molar-refractivity contribution >= 4 is 17.8 Å². The highest BCUT2D eigenvalue weighted by Gasteiger charge is 2.34. The Bertz CT molecular complexity index is 1030. The number of hydrogen-bond donors (Lipinski definition) is 3. The molecule has 3 N–H and O–H groups in total. The van der Waals surface area contributed by atoms with E-state index in [2.05, 4.69) is 10.3 Å². The van der Waals surface area contributed by atoms with Crippen molar-refractivity contribution in [3.05, 3.63) is 53.9 Å². The summed E-state index contributed by atoms with van der Waals surface area (Å²) in [6.45, 7) is 6.12. The van der Waals surface area contributed by atoms with Gasteiger partial charge in [-0.25, -0.2) is 9.78 Å². The van der Waals surface area contributed by atoms with Crippen LogP contribution in [0, 0.1) is 11.8 Å². The number of amides is 1. The van der Waals surface area contributed by atoms with Crippen molar-refractivity contribution in [2.75, 3.05) is 13.7 Å². The van der Waals surface area contributed by atoms with E-state index in [-0.39, 0.29) is 23.3 Å². The van der Waals surface area contributed by atoms with Gasteiger partial charge in [0.05, 0.1) is 19.6 Å². The summed E-state index contributed by atoms with van der Waals surface area (Å²) in [7, 11) is 1.31. The number of aliphatic hydroxyl groups is 1. The number of aromatic nitrogens is 1. The second-order valence-corrected chi connectivity index (χ2v) is 8.78. The smallest absolute Gasteiger partial charge is 0.331 e. The lowest BCUT2D eigenvalue weighted by molar-refractivity contribution is -0.174. The number of hydrogen-bond acceptors (Lipinski definition) is 9. The van der Waals surface area contributed by atoms with Crippen LogP contribution in [0.25, 0.3) is 0 Å². The third-order valence-electron chi connectivity index (χ3n) is 5.54. The van der Waals surface area contributed by atoms with Crippen LogP contribution in [0.15, 0.2) is 42.6 Å². The molecule has 0 bridgehead atoms. The molecule has 0 aliphatic rings. The van der Waals surface area contributed by atoms with Gasteiger partial charge in [-0.1, -0.05) is 51.1 Å². The Labute approximate surface area is 210 Å². The minimum absolute atomic E-state index is 0.0223. The average Bonchev–Trinajstić information content (AvgIpc) is 2.85. The fourth-order valence-corrected chi connectivity index (χ4v) is 3.55. The summed E-state index contributed by atoms with van der Waals surface area (Å²) in [5, 5.41) is 22.2. The molecule has 4 atom stereocenters. The highest BCUT2D eigenvalue weighted by molar-refractivity contribution is 5.98. The lowest BCUT2D eigenvalue weighted by atomic mass is 9.92. The van der Waals surface area contributed by atoms with Crippen LogP contribution in [0.5, 0.6) is 11.5 Å². The number of esters is 2. The summed E-state index contributed by atoms with van der Waals surface area (Å²) in [6, 6.07) is 9.54. The molecule has 1 aromatic heterocycles. The molecule has 1 heterocycles. The highest BCUT2D eigenvalue weighted by Crippen LogP contribution is 2.27. The van der Waals surface area contributed by atoms with Gasteiger partial charge in [0.2, 0.25) is 0 Å². The van der Waals surface area contributed by atoms with Gasteiger partial charge in [0.25, 0.3) is 5.91 Å². The van der Waals surface area contributed by atoms with Crippen LogP contribution in [0.2, 0.25) is 0 Å². The summed E-state index contributed by atoms with van der Waals surface area (Å²) in [5.74, 6) is -3.35. The summed E-state index contributed by atoms with van der Waals surface area (Å²) in [6.07, 6.45) is 0.167. The van der Waals surface area contributed by atoms with Crippen molar-refractivity contribution < 1.29 is 38.8 Å². The first-order valence-electron chi connectivity index (χ1n) is 11.7. The number of methoxy groups -OCH3 is 1. The average molecular weight is 503 g/mol. The number of aliphatic hydroxyl groups excluding tert-OH is 1. The monoisotopic (exact) mass is 502 g/mol. The number of pyridine rings is 1. The highest BCUT2D eigenvalue weighted by atomic mass is 16.6. The van der Waals surface area contributed by atoms with Gasteiger partial charge in [0, 0.05) is 18.2 Å². The number of aromatic hydroxyl groups is 1. The Morgan fingerprint density at radius 3 is 2.25 bits per heavy atom. The molecule has 1 unspecified atom stereocenters. The Kier molecular flexibility index (Phi) is 10.7. The molecule has 10 nitrogen and oxygen atoms in total. The number of carbonyl (C=O) groups excluding carboxylic acids is 3. The first-order chi connectivity index (χ1) is 17.1. The topological polar surface area (TPSA) is 144 Å². The molecule has 196 valence electrons. The summed E-state index contributed by atoms with van der Waals surface area (Å²) < 4.78 is 16.2. The van der Waals surface area contributed by atoms with Crippen molar-refractivity contribution in [3.8, 4) is 11.5 Å². The minimum Gasteiger partial charge on any atom is -0.503 e. The molecular formula is C26H34N2O8. The van der Waals surface area contributed by atoms with Gasteiger partial charge in [-0.3, -0.25) is 9.59 Å². The van der Waals surface area contributed by atoms with Crippen molar-refractivity contribution in [1.29, 1.82) is 0 Å². The Hall–Kier alpha value is -3.66. The molecule has 10 heteroatoms. The number of carbonyl (C=O) groups is 3. The molecule has 2 rings (SSSR count). The maximum absolute atomic E-state index is 12.8. The van der Waals surface area contributed by atoms with Crippen LogP contribution < -0.4 is 10.1 Å². The van der Waals surface area contributed by atoms with E-state index < -0.39 is 48.5 Å². The Balaban J connectivity index is 2.14. The molecule has 0 radical (unpaired) electrons. The predicted octanol–water partition coefficient (Wildman–Crippen LogP) is 2.26. The Morgan fingerprint density at radius 1 is 1.00 bits per heavy atom. The zero-order chi connectivity index (χ0) is 26.8. The largest absolute Gasteiger partial charge is 0.503 e. The molecule has 0 spiro atoms. The third kappa shape index (κ3) is 7.67. The van der Waals surface area contributed by atoms with Crippen molar-refractivity contribution in [2.45, 2.75) is 52.4 Å². The maximum Gasteiger partial charge on any atom is 0.331 e. The van der Waals surface area contributed by atoms with E-state index in [0.717, 1.165) is 5.56 Å². The lowest BCUT2D eigenvalue weighted by Gasteiger charge is -2.30. The van der Waals surface area contributed by atoms with Crippen LogP contribution in [-0.2, 0) is 25.5 Å². The van der Waals surface area contributed by atoms with Crippen LogP contribution in [0.4, 0.5) is 0 Å². The van der Waals surface area contributed by atoms with Gasteiger partial charge in [0.1, 0.15) is 12.2 Å². The first-order valence-corrected chi connectivity index (χ1v) is 11.7. The van der Waals surface area contributed by atoms with E-state index in [9.17, 15) is 24.6 Å². The van der Waals surface area contributed by atoms with E-state index in [1.54, 1.807) is 20.8 Å². The minimum atomic E-state index is -1.45. The number of nitrogens with one attached hydrogen (secondary N) is 1. The first kappa shape index (κ1) is 28.6. The summed E-state index contributed by atoms with van der Waals surface area (Å²) in [4.78, 5) is 41.6. The molecule has 0 saturated carbocycles. The zero-order valence-electron chi connectivity index (χ0n) is 21.1. The number of benzene rings is 1. The van der Waals surface area contributed by atoms with Crippen molar-refractivity contribution in [1.82, 2.24) is 10.3 Å². The number of nitrogens with zero attached hydrogens (tertiary/aromatic N) is 1. The van der Waals surface area contributed by atoms with Crippen LogP contribution in [0.3, 0.4) is 0 Å². The molecule has 0 fully saturated rings. The van der Waals surface area contributed by atoms with Gasteiger partial charge < -0.3 is 29.7 Å². The molecule has 0 aliphatic carbocycles. The van der Waals surface area contributed by atoms with E-state index >= 15 is 0 Å². The SMILES string of the molecule is COc1ccnc(C(=O)N[C@@H](CO)C(=O)OC(C)[C@H](OC(=O)C(C)C)[C@H](C)Cc2ccccc2)c1O. The second kappa shape index (κ2) is 13.4. The van der Waals surface area contributed by atoms with Gasteiger partial charge >= 0.3 is 11.9 Å². The van der Waals surface area contributed by atoms with Crippen LogP contribution >= 0.6 is 0 Å². The maximum atomic E-state index is 12.8. The van der Waals surface area contributed by atoms with E-state index in [4.69, 9.17) is 14.2 Å². The zero-order valence-corrected chi connectivity index (χ0v) is 21.1. The molecule has 2 aromatic rings. The number of ether oxygens (including phenoxy) is 3. The molecule has 0 aliphatic heterocycles. The summed E-state index contributed by atoms with van der Waals surface area (Å²) in [5.41, 5.74) is 0.647. The summed E-state index contributed by atoms with van der Waals surface area (Å²) >= 11 is 0. The molecule has 1 amide bonds. The molecule has 0 saturated heterocycles. The van der Waals surface area contributed by atoms with Crippen LogP contribution in [-0.4, -0.2) is 65.0 Å². The predicted molar refractivity (Wildman–Crippen MR) is 130 cm³/mol. The molecule has 1 aromatic carbocycles. The number of rotatable bonds is 12. The quantitative estimate of drug-likeness (QED) is 0.372. The molecule has 36 heavy (non-hydrogen) atoms. The standard InChI is InChI=1S/C26H34N2O8/c1-15(2)25(32)36-23(16(3)13-18-9-7-6-8-10-18)17(4)35-26(33)19(14-29)28-24(31)21-22(30)20(34-5)11-12-27-21/h6-12,15-17,19,23,29-30H,13-14H2,1-5H3,(H,28,31)/t16-,17?,19+,23-/m1/s1. The van der Waals surface area contributed by atoms with Crippen molar-refractivity contribution in [3.63, 3.8) is 0 Å². The van der Waals surface area contributed by atoms with Gasteiger partial charge in [-0.05, 0) is 18.9 Å². The van der Waals surface area contributed by atoms with E-state index in [0.29, 0.717) is 6.42 Å². The fourth-order valence-electron chi connectivity index (χ4n) is 3.55. The normalized spacial score (nSPS) is 14.3. The second-order valence-electron chi connectivity index (χ2n) is 8.78. The molecular weight excluding hydrogens is 468 g/mol. The third-order valence-corrected chi connectivity index (χ3v) is 5.54. The van der Waals surface area contributed by atoms with Crippen molar-refractivity contribution in [2.24, 2.45) is 11.8 Å². The lowest BCUT2D eigenvalue weighted by Crippen LogP contribution is -2.48. The Morgan fingerprint density at radius 2 is 1.67 bits per heavy atom. The van der Waals surface area contributed by atoms with Gasteiger partial charge in [-0.15, -0.1) is 0 Å². The van der Waals surface area contributed by atoms with E-state index in [1.165, 1.54) is 19.4 Å². The van der Waals surface area contributed by atoms with Crippen LogP contribution in [0.1, 0.15) is 43.7 Å².